The monoisotopic (exact) mass is 340 g/mol. The van der Waals surface area contributed by atoms with Crippen LogP contribution >= 0.6 is 15.9 Å². The van der Waals surface area contributed by atoms with E-state index >= 15 is 0 Å². The van der Waals surface area contributed by atoms with Gasteiger partial charge in [-0.25, -0.2) is 0 Å². The molecule has 3 nitrogen and oxygen atoms in total. The molecule has 0 N–H and O–H groups in total. The van der Waals surface area contributed by atoms with Gasteiger partial charge in [0, 0.05) is 16.2 Å². The Balaban J connectivity index is 1.99. The maximum Gasteiger partial charge on any atom is 0.153 e. The summed E-state index contributed by atoms with van der Waals surface area (Å²) in [6.45, 7) is 0.645. The number of hydrogen-bond acceptors (Lipinski definition) is 2. The molecule has 0 atom stereocenters. The number of benzene rings is 2. The number of carbonyl (C=O) groups excluding carboxylic acids is 1. The molecule has 0 unspecified atom stereocenters. The molecule has 104 valence electrons. The first-order valence-corrected chi connectivity index (χ1v) is 7.38. The molecular weight excluding hydrogens is 328 g/mol. The maximum absolute atomic E-state index is 11.3. The van der Waals surface area contributed by atoms with E-state index in [9.17, 15) is 4.79 Å². The van der Waals surface area contributed by atoms with Crippen LogP contribution in [0.5, 0.6) is 0 Å². The van der Waals surface area contributed by atoms with E-state index in [1.807, 2.05) is 54.6 Å². The molecule has 0 spiro atoms. The van der Waals surface area contributed by atoms with E-state index in [1.54, 1.807) is 10.9 Å². The number of aromatic nitrogens is 2. The standard InChI is InChI=1S/C17H13BrN2O/c18-16-9-5-4-8-15(16)17-14(12-21)11-20(19-17)10-13-6-2-1-3-7-13/h1-9,11-12H,10H2. The van der Waals surface area contributed by atoms with Crippen LogP contribution in [0.3, 0.4) is 0 Å². The minimum atomic E-state index is 0.595. The van der Waals surface area contributed by atoms with Gasteiger partial charge in [-0.1, -0.05) is 64.5 Å². The van der Waals surface area contributed by atoms with Gasteiger partial charge >= 0.3 is 0 Å². The molecule has 1 heterocycles. The fraction of sp³-hybridized carbons (Fsp3) is 0.0588. The van der Waals surface area contributed by atoms with Crippen molar-refractivity contribution >= 4 is 22.2 Å². The van der Waals surface area contributed by atoms with Crippen molar-refractivity contribution in [3.8, 4) is 11.3 Å². The van der Waals surface area contributed by atoms with Crippen LogP contribution < -0.4 is 0 Å². The van der Waals surface area contributed by atoms with Gasteiger partial charge < -0.3 is 0 Å². The highest BCUT2D eigenvalue weighted by molar-refractivity contribution is 9.10. The zero-order valence-electron chi connectivity index (χ0n) is 11.2. The number of rotatable bonds is 4. The minimum absolute atomic E-state index is 0.595. The van der Waals surface area contributed by atoms with Gasteiger partial charge in [-0.3, -0.25) is 9.48 Å². The highest BCUT2D eigenvalue weighted by Gasteiger charge is 2.13. The molecule has 0 bridgehead atoms. The van der Waals surface area contributed by atoms with E-state index < -0.39 is 0 Å². The molecule has 2 aromatic carbocycles. The third-order valence-corrected chi connectivity index (χ3v) is 3.92. The first-order valence-electron chi connectivity index (χ1n) is 6.59. The number of halogens is 1. The lowest BCUT2D eigenvalue weighted by Gasteiger charge is -2.02. The lowest BCUT2D eigenvalue weighted by atomic mass is 10.1. The fourth-order valence-electron chi connectivity index (χ4n) is 2.24. The van der Waals surface area contributed by atoms with Gasteiger partial charge in [-0.05, 0) is 11.6 Å². The van der Waals surface area contributed by atoms with Crippen LogP contribution in [0.25, 0.3) is 11.3 Å². The molecule has 0 aliphatic heterocycles. The van der Waals surface area contributed by atoms with Crippen LogP contribution in [0.4, 0.5) is 0 Å². The normalized spacial score (nSPS) is 10.5. The van der Waals surface area contributed by atoms with Crippen molar-refractivity contribution in [1.29, 1.82) is 0 Å². The molecule has 0 saturated carbocycles. The Morgan fingerprint density at radius 3 is 2.48 bits per heavy atom. The quantitative estimate of drug-likeness (QED) is 0.668. The van der Waals surface area contributed by atoms with Crippen LogP contribution in [0.2, 0.25) is 0 Å². The summed E-state index contributed by atoms with van der Waals surface area (Å²) in [7, 11) is 0. The Labute approximate surface area is 131 Å². The van der Waals surface area contributed by atoms with Crippen LogP contribution in [0.1, 0.15) is 15.9 Å². The van der Waals surface area contributed by atoms with E-state index in [4.69, 9.17) is 0 Å². The lowest BCUT2D eigenvalue weighted by molar-refractivity contribution is 0.112. The molecule has 1 aromatic heterocycles. The van der Waals surface area contributed by atoms with Crippen molar-refractivity contribution < 1.29 is 4.79 Å². The highest BCUT2D eigenvalue weighted by Crippen LogP contribution is 2.28. The number of carbonyl (C=O) groups is 1. The second-order valence-corrected chi connectivity index (χ2v) is 5.57. The van der Waals surface area contributed by atoms with Gasteiger partial charge in [0.15, 0.2) is 6.29 Å². The van der Waals surface area contributed by atoms with Crippen molar-refractivity contribution in [2.75, 3.05) is 0 Å². The summed E-state index contributed by atoms with van der Waals surface area (Å²) >= 11 is 3.51. The molecule has 0 radical (unpaired) electrons. The van der Waals surface area contributed by atoms with Crippen molar-refractivity contribution in [2.24, 2.45) is 0 Å². The lowest BCUT2D eigenvalue weighted by Crippen LogP contribution is -2.00. The van der Waals surface area contributed by atoms with Crippen molar-refractivity contribution in [3.05, 3.63) is 76.4 Å². The van der Waals surface area contributed by atoms with Gasteiger partial charge in [0.05, 0.1) is 12.1 Å². The molecule has 4 heteroatoms. The molecule has 0 amide bonds. The van der Waals surface area contributed by atoms with Crippen LogP contribution in [-0.4, -0.2) is 16.1 Å². The molecule has 0 saturated heterocycles. The van der Waals surface area contributed by atoms with E-state index in [0.29, 0.717) is 17.8 Å². The predicted octanol–water partition coefficient (Wildman–Crippen LogP) is 4.17. The Morgan fingerprint density at radius 2 is 1.76 bits per heavy atom. The minimum Gasteiger partial charge on any atom is -0.298 e. The van der Waals surface area contributed by atoms with Gasteiger partial charge in [0.25, 0.3) is 0 Å². The van der Waals surface area contributed by atoms with E-state index in [2.05, 4.69) is 21.0 Å². The first kappa shape index (κ1) is 13.8. The predicted molar refractivity (Wildman–Crippen MR) is 86.3 cm³/mol. The van der Waals surface area contributed by atoms with Crippen LogP contribution in [0.15, 0.2) is 65.3 Å². The Kier molecular flexibility index (Phi) is 3.97. The summed E-state index contributed by atoms with van der Waals surface area (Å²) in [6, 6.07) is 17.8. The summed E-state index contributed by atoms with van der Waals surface area (Å²) in [4.78, 5) is 11.3. The van der Waals surface area contributed by atoms with Gasteiger partial charge in [-0.15, -0.1) is 0 Å². The average molecular weight is 341 g/mol. The van der Waals surface area contributed by atoms with E-state index in [1.165, 1.54) is 0 Å². The highest BCUT2D eigenvalue weighted by atomic mass is 79.9. The summed E-state index contributed by atoms with van der Waals surface area (Å²) in [5.74, 6) is 0. The summed E-state index contributed by atoms with van der Waals surface area (Å²) in [5, 5.41) is 4.56. The summed E-state index contributed by atoms with van der Waals surface area (Å²) in [6.07, 6.45) is 2.64. The smallest absolute Gasteiger partial charge is 0.153 e. The van der Waals surface area contributed by atoms with Crippen LogP contribution in [-0.2, 0) is 6.54 Å². The van der Waals surface area contributed by atoms with E-state index in [-0.39, 0.29) is 0 Å². The zero-order chi connectivity index (χ0) is 14.7. The Morgan fingerprint density at radius 1 is 1.05 bits per heavy atom. The molecule has 3 aromatic rings. The van der Waals surface area contributed by atoms with Gasteiger partial charge in [-0.2, -0.15) is 5.10 Å². The first-order chi connectivity index (χ1) is 10.3. The average Bonchev–Trinajstić information content (AvgIpc) is 2.91. The Hall–Kier alpha value is -2.20. The van der Waals surface area contributed by atoms with Gasteiger partial charge in [0.1, 0.15) is 5.69 Å². The molecule has 0 aliphatic rings. The third-order valence-electron chi connectivity index (χ3n) is 3.23. The fourth-order valence-corrected chi connectivity index (χ4v) is 2.71. The zero-order valence-corrected chi connectivity index (χ0v) is 12.8. The third kappa shape index (κ3) is 2.95. The number of nitrogens with zero attached hydrogens (tertiary/aromatic N) is 2. The number of aldehydes is 1. The molecule has 3 rings (SSSR count). The summed E-state index contributed by atoms with van der Waals surface area (Å²) in [5.41, 5.74) is 3.37. The SMILES string of the molecule is O=Cc1cn(Cc2ccccc2)nc1-c1ccccc1Br. The number of hydrogen-bond donors (Lipinski definition) is 0. The van der Waals surface area contributed by atoms with Crippen LogP contribution in [0, 0.1) is 0 Å². The molecule has 0 aliphatic carbocycles. The molecule has 0 fully saturated rings. The van der Waals surface area contributed by atoms with E-state index in [0.717, 1.165) is 21.9 Å². The second-order valence-electron chi connectivity index (χ2n) is 4.71. The Bertz CT molecular complexity index is 765. The van der Waals surface area contributed by atoms with Gasteiger partial charge in [0.2, 0.25) is 0 Å². The topological polar surface area (TPSA) is 34.9 Å². The van der Waals surface area contributed by atoms with Crippen molar-refractivity contribution in [1.82, 2.24) is 9.78 Å². The second kappa shape index (κ2) is 6.06. The maximum atomic E-state index is 11.3. The van der Waals surface area contributed by atoms with Crippen molar-refractivity contribution in [2.45, 2.75) is 6.54 Å². The summed E-state index contributed by atoms with van der Waals surface area (Å²) < 4.78 is 2.73. The molecule has 21 heavy (non-hydrogen) atoms. The molecular formula is C17H13BrN2O. The van der Waals surface area contributed by atoms with Crippen molar-refractivity contribution in [3.63, 3.8) is 0 Å². The largest absolute Gasteiger partial charge is 0.298 e.